The Labute approximate surface area is 103 Å². The van der Waals surface area contributed by atoms with Gasteiger partial charge < -0.3 is 10.5 Å². The molecule has 0 heterocycles. The van der Waals surface area contributed by atoms with Gasteiger partial charge in [0.2, 0.25) is 0 Å². The van der Waals surface area contributed by atoms with Crippen LogP contribution >= 0.6 is 11.6 Å². The van der Waals surface area contributed by atoms with E-state index in [2.05, 4.69) is 13.0 Å². The molecule has 2 unspecified atom stereocenters. The van der Waals surface area contributed by atoms with Gasteiger partial charge in [-0.1, -0.05) is 30.7 Å². The minimum Gasteiger partial charge on any atom is -0.385 e. The van der Waals surface area contributed by atoms with Gasteiger partial charge in [-0.05, 0) is 36.5 Å². The third kappa shape index (κ3) is 3.21. The highest BCUT2D eigenvalue weighted by atomic mass is 35.5. The maximum atomic E-state index is 6.23. The van der Waals surface area contributed by atoms with Crippen molar-refractivity contribution in [1.29, 1.82) is 0 Å². The number of benzene rings is 1. The molecule has 2 N–H and O–H groups in total. The second-order valence-corrected chi connectivity index (χ2v) is 4.65. The molecule has 16 heavy (non-hydrogen) atoms. The molecular formula is C13H20ClNO. The Bertz CT molecular complexity index is 341. The van der Waals surface area contributed by atoms with Crippen LogP contribution in [0, 0.1) is 12.8 Å². The minimum atomic E-state index is 0.0221. The monoisotopic (exact) mass is 241 g/mol. The molecule has 0 aromatic heterocycles. The van der Waals surface area contributed by atoms with E-state index in [1.54, 1.807) is 7.11 Å². The lowest BCUT2D eigenvalue weighted by Gasteiger charge is -2.22. The van der Waals surface area contributed by atoms with Gasteiger partial charge in [-0.25, -0.2) is 0 Å². The predicted octanol–water partition coefficient (Wildman–Crippen LogP) is 3.32. The average molecular weight is 242 g/mol. The number of methoxy groups -OCH3 is 1. The minimum absolute atomic E-state index is 0.0221. The molecule has 0 aliphatic rings. The quantitative estimate of drug-likeness (QED) is 0.858. The maximum Gasteiger partial charge on any atom is 0.0465 e. The highest BCUT2D eigenvalue weighted by molar-refractivity contribution is 6.31. The summed E-state index contributed by atoms with van der Waals surface area (Å²) in [7, 11) is 1.71. The van der Waals surface area contributed by atoms with Gasteiger partial charge in [-0.3, -0.25) is 0 Å². The van der Waals surface area contributed by atoms with Crippen molar-refractivity contribution in [3.63, 3.8) is 0 Å². The number of nitrogens with two attached hydrogens (primary N) is 1. The third-order valence-electron chi connectivity index (χ3n) is 3.06. The van der Waals surface area contributed by atoms with Crippen molar-refractivity contribution >= 4 is 11.6 Å². The average Bonchev–Trinajstić information content (AvgIpc) is 2.28. The molecule has 0 spiro atoms. The van der Waals surface area contributed by atoms with E-state index >= 15 is 0 Å². The molecule has 1 aromatic carbocycles. The molecule has 1 rings (SSSR count). The van der Waals surface area contributed by atoms with Crippen LogP contribution in [0.5, 0.6) is 0 Å². The van der Waals surface area contributed by atoms with Crippen molar-refractivity contribution in [3.05, 3.63) is 34.3 Å². The highest BCUT2D eigenvalue weighted by Crippen LogP contribution is 2.28. The Morgan fingerprint density at radius 3 is 2.75 bits per heavy atom. The molecular weight excluding hydrogens is 222 g/mol. The first-order valence-electron chi connectivity index (χ1n) is 5.57. The molecule has 0 bridgehead atoms. The molecule has 0 saturated carbocycles. The van der Waals surface area contributed by atoms with Gasteiger partial charge in [0, 0.05) is 24.8 Å². The maximum absolute atomic E-state index is 6.23. The molecule has 0 radical (unpaired) electrons. The first-order valence-corrected chi connectivity index (χ1v) is 5.95. The Morgan fingerprint density at radius 1 is 1.44 bits per heavy atom. The fraction of sp³-hybridized carbons (Fsp3) is 0.538. The van der Waals surface area contributed by atoms with Gasteiger partial charge in [0.25, 0.3) is 0 Å². The van der Waals surface area contributed by atoms with Crippen molar-refractivity contribution in [2.45, 2.75) is 26.3 Å². The number of halogens is 1. The molecule has 90 valence electrons. The Balaban J connectivity index is 2.79. The topological polar surface area (TPSA) is 35.2 Å². The Morgan fingerprint density at radius 2 is 2.12 bits per heavy atom. The van der Waals surface area contributed by atoms with E-state index in [0.717, 1.165) is 29.2 Å². The zero-order valence-electron chi connectivity index (χ0n) is 10.2. The van der Waals surface area contributed by atoms with Gasteiger partial charge in [0.05, 0.1) is 0 Å². The van der Waals surface area contributed by atoms with Crippen LogP contribution in [-0.2, 0) is 4.74 Å². The van der Waals surface area contributed by atoms with E-state index in [1.165, 1.54) is 0 Å². The lowest BCUT2D eigenvalue weighted by molar-refractivity contribution is 0.174. The molecule has 0 saturated heterocycles. The smallest absolute Gasteiger partial charge is 0.0465 e. The Hall–Kier alpha value is -0.570. The summed E-state index contributed by atoms with van der Waals surface area (Å²) in [4.78, 5) is 0. The standard InChI is InChI=1S/C13H20ClNO/c1-9(7-8-16-3)13(15)11-5-4-6-12(14)10(11)2/h4-6,9,13H,7-8,15H2,1-3H3. The summed E-state index contributed by atoms with van der Waals surface area (Å²) < 4.78 is 5.07. The summed E-state index contributed by atoms with van der Waals surface area (Å²) in [5.41, 5.74) is 8.45. The van der Waals surface area contributed by atoms with Crippen LogP contribution in [0.1, 0.15) is 30.5 Å². The van der Waals surface area contributed by atoms with E-state index < -0.39 is 0 Å². The fourth-order valence-electron chi connectivity index (χ4n) is 1.78. The normalized spacial score (nSPS) is 14.8. The lowest BCUT2D eigenvalue weighted by atomic mass is 9.90. The van der Waals surface area contributed by atoms with Crippen LogP contribution in [0.3, 0.4) is 0 Å². The summed E-state index contributed by atoms with van der Waals surface area (Å²) in [5.74, 6) is 0.386. The van der Waals surface area contributed by atoms with Gasteiger partial charge >= 0.3 is 0 Å². The number of hydrogen-bond acceptors (Lipinski definition) is 2. The zero-order valence-corrected chi connectivity index (χ0v) is 10.9. The van der Waals surface area contributed by atoms with Crippen LogP contribution in [0.25, 0.3) is 0 Å². The van der Waals surface area contributed by atoms with Crippen LogP contribution in [0.15, 0.2) is 18.2 Å². The number of hydrogen-bond donors (Lipinski definition) is 1. The van der Waals surface area contributed by atoms with Gasteiger partial charge in [-0.15, -0.1) is 0 Å². The molecule has 2 atom stereocenters. The predicted molar refractivity (Wildman–Crippen MR) is 68.8 cm³/mol. The van der Waals surface area contributed by atoms with E-state index in [4.69, 9.17) is 22.1 Å². The molecule has 3 heteroatoms. The van der Waals surface area contributed by atoms with Crippen molar-refractivity contribution in [2.75, 3.05) is 13.7 Å². The van der Waals surface area contributed by atoms with Crippen LogP contribution < -0.4 is 5.73 Å². The summed E-state index contributed by atoms with van der Waals surface area (Å²) in [6.07, 6.45) is 0.962. The Kier molecular flexibility index (Phi) is 5.26. The van der Waals surface area contributed by atoms with Gasteiger partial charge in [0.1, 0.15) is 0 Å². The van der Waals surface area contributed by atoms with E-state index in [0.29, 0.717) is 5.92 Å². The summed E-state index contributed by atoms with van der Waals surface area (Å²) >= 11 is 6.09. The van der Waals surface area contributed by atoms with E-state index in [-0.39, 0.29) is 6.04 Å². The van der Waals surface area contributed by atoms with Crippen molar-refractivity contribution < 1.29 is 4.74 Å². The third-order valence-corrected chi connectivity index (χ3v) is 3.47. The highest BCUT2D eigenvalue weighted by Gasteiger charge is 2.17. The summed E-state index contributed by atoms with van der Waals surface area (Å²) in [5, 5.41) is 0.784. The molecule has 0 fully saturated rings. The van der Waals surface area contributed by atoms with E-state index in [9.17, 15) is 0 Å². The second kappa shape index (κ2) is 6.24. The molecule has 0 aliphatic heterocycles. The van der Waals surface area contributed by atoms with Crippen LogP contribution in [0.4, 0.5) is 0 Å². The molecule has 0 aliphatic carbocycles. The lowest BCUT2D eigenvalue weighted by Crippen LogP contribution is -2.21. The van der Waals surface area contributed by atoms with Crippen molar-refractivity contribution in [3.8, 4) is 0 Å². The molecule has 1 aromatic rings. The van der Waals surface area contributed by atoms with Gasteiger partial charge in [0.15, 0.2) is 0 Å². The largest absolute Gasteiger partial charge is 0.385 e. The first-order chi connectivity index (χ1) is 7.57. The summed E-state index contributed by atoms with van der Waals surface area (Å²) in [6, 6.07) is 5.92. The fourth-order valence-corrected chi connectivity index (χ4v) is 1.96. The SMILES string of the molecule is COCCC(C)C(N)c1cccc(Cl)c1C. The second-order valence-electron chi connectivity index (χ2n) is 4.24. The van der Waals surface area contributed by atoms with Crippen molar-refractivity contribution in [1.82, 2.24) is 0 Å². The van der Waals surface area contributed by atoms with Crippen molar-refractivity contribution in [2.24, 2.45) is 11.7 Å². The van der Waals surface area contributed by atoms with E-state index in [1.807, 2.05) is 19.1 Å². The number of ether oxygens (including phenoxy) is 1. The first kappa shape index (κ1) is 13.5. The van der Waals surface area contributed by atoms with Crippen LogP contribution in [0.2, 0.25) is 5.02 Å². The summed E-state index contributed by atoms with van der Waals surface area (Å²) in [6.45, 7) is 4.90. The van der Waals surface area contributed by atoms with Gasteiger partial charge in [-0.2, -0.15) is 0 Å². The number of rotatable bonds is 5. The molecule has 0 amide bonds. The zero-order chi connectivity index (χ0) is 12.1. The molecule has 2 nitrogen and oxygen atoms in total. The van der Waals surface area contributed by atoms with Crippen LogP contribution in [-0.4, -0.2) is 13.7 Å².